The predicted molar refractivity (Wildman–Crippen MR) is 111 cm³/mol. The Bertz CT molecular complexity index is 840. The van der Waals surface area contributed by atoms with E-state index in [9.17, 15) is 35.0 Å². The van der Waals surface area contributed by atoms with E-state index in [0.717, 1.165) is 0 Å². The topological polar surface area (TPSA) is 160 Å². The van der Waals surface area contributed by atoms with Crippen molar-refractivity contribution in [2.24, 2.45) is 11.8 Å². The molecule has 176 valence electrons. The molecule has 0 spiro atoms. The van der Waals surface area contributed by atoms with Crippen molar-refractivity contribution in [1.82, 2.24) is 0 Å². The first kappa shape index (κ1) is 24.4. The van der Waals surface area contributed by atoms with E-state index in [1.54, 1.807) is 6.92 Å². The number of nitro benzene ring substituents is 1. The van der Waals surface area contributed by atoms with E-state index in [4.69, 9.17) is 9.47 Å². The Hall–Kier alpha value is -2.24. The van der Waals surface area contributed by atoms with E-state index in [2.05, 4.69) is 0 Å². The van der Waals surface area contributed by atoms with Crippen LogP contribution in [0.2, 0.25) is 0 Å². The molecule has 2 saturated heterocycles. The molecule has 0 radical (unpaired) electrons. The van der Waals surface area contributed by atoms with Gasteiger partial charge in [0.05, 0.1) is 48.5 Å². The number of epoxide rings is 1. The average Bonchev–Trinajstić information content (AvgIpc) is 3.51. The SMILES string of the molecule is C[C@H]([C@@H]1O[C@H]1C[C@@H]1OCC(CC(=O)CC(=O)c2ccc([N+](=O)[O-])cc2)[C@@H](O)[C@H]1O)[C@H](C)O. The van der Waals surface area contributed by atoms with E-state index in [-0.39, 0.29) is 42.4 Å². The largest absolute Gasteiger partial charge is 0.393 e. The number of aliphatic hydroxyl groups is 3. The van der Waals surface area contributed by atoms with Crippen molar-refractivity contribution in [3.8, 4) is 0 Å². The molecule has 0 bridgehead atoms. The van der Waals surface area contributed by atoms with Crippen LogP contribution in [0.1, 0.15) is 43.5 Å². The molecule has 1 unspecified atom stereocenters. The van der Waals surface area contributed by atoms with Crippen LogP contribution in [0.4, 0.5) is 5.69 Å². The lowest BCUT2D eigenvalue weighted by atomic mass is 9.85. The van der Waals surface area contributed by atoms with Crippen LogP contribution in [-0.2, 0) is 14.3 Å². The summed E-state index contributed by atoms with van der Waals surface area (Å²) in [5, 5.41) is 41.3. The monoisotopic (exact) mass is 451 g/mol. The molecule has 10 nitrogen and oxygen atoms in total. The van der Waals surface area contributed by atoms with Gasteiger partial charge >= 0.3 is 0 Å². The lowest BCUT2D eigenvalue weighted by Crippen LogP contribution is -2.51. The van der Waals surface area contributed by atoms with Crippen molar-refractivity contribution in [3.63, 3.8) is 0 Å². The molecule has 0 aromatic heterocycles. The number of rotatable bonds is 10. The molecule has 2 fully saturated rings. The van der Waals surface area contributed by atoms with E-state index < -0.39 is 53.2 Å². The third kappa shape index (κ3) is 5.76. The van der Waals surface area contributed by atoms with Gasteiger partial charge < -0.3 is 24.8 Å². The van der Waals surface area contributed by atoms with E-state index >= 15 is 0 Å². The van der Waals surface area contributed by atoms with E-state index in [1.165, 1.54) is 24.3 Å². The molecule has 3 N–H and O–H groups in total. The van der Waals surface area contributed by atoms with Crippen molar-refractivity contribution < 1.29 is 39.3 Å². The minimum atomic E-state index is -1.20. The van der Waals surface area contributed by atoms with Crippen molar-refractivity contribution in [2.45, 2.75) is 69.7 Å². The Morgan fingerprint density at radius 3 is 2.41 bits per heavy atom. The molecule has 1 aromatic carbocycles. The number of carbonyl (C=O) groups is 2. The molecule has 2 aliphatic rings. The second-order valence-corrected chi connectivity index (χ2v) is 8.73. The number of aliphatic hydroxyl groups excluding tert-OH is 3. The fourth-order valence-electron chi connectivity index (χ4n) is 4.06. The van der Waals surface area contributed by atoms with Crippen molar-refractivity contribution >= 4 is 17.3 Å². The van der Waals surface area contributed by atoms with Gasteiger partial charge in [0.25, 0.3) is 5.69 Å². The fourth-order valence-corrected chi connectivity index (χ4v) is 4.06. The summed E-state index contributed by atoms with van der Waals surface area (Å²) in [5.74, 6) is -1.59. The fraction of sp³-hybridized carbons (Fsp3) is 0.636. The maximum Gasteiger partial charge on any atom is 0.269 e. The summed E-state index contributed by atoms with van der Waals surface area (Å²) in [4.78, 5) is 34.7. The van der Waals surface area contributed by atoms with Crippen molar-refractivity contribution in [3.05, 3.63) is 39.9 Å². The summed E-state index contributed by atoms with van der Waals surface area (Å²) < 4.78 is 11.2. The highest BCUT2D eigenvalue weighted by molar-refractivity contribution is 6.08. The zero-order valence-corrected chi connectivity index (χ0v) is 18.0. The van der Waals surface area contributed by atoms with Crippen LogP contribution in [0.15, 0.2) is 24.3 Å². The number of carbonyl (C=O) groups excluding carboxylic acids is 2. The number of non-ortho nitro benzene ring substituents is 1. The van der Waals surface area contributed by atoms with E-state index in [0.29, 0.717) is 6.42 Å². The Balaban J connectivity index is 1.47. The number of benzene rings is 1. The molecule has 0 saturated carbocycles. The van der Waals surface area contributed by atoms with Gasteiger partial charge in [-0.25, -0.2) is 0 Å². The number of nitrogens with zero attached hydrogens (tertiary/aromatic N) is 1. The molecule has 32 heavy (non-hydrogen) atoms. The van der Waals surface area contributed by atoms with Crippen LogP contribution < -0.4 is 0 Å². The molecule has 8 atom stereocenters. The highest BCUT2D eigenvalue weighted by Crippen LogP contribution is 2.37. The van der Waals surface area contributed by atoms with Gasteiger partial charge in [-0.15, -0.1) is 0 Å². The van der Waals surface area contributed by atoms with Crippen LogP contribution in [0.5, 0.6) is 0 Å². The summed E-state index contributed by atoms with van der Waals surface area (Å²) in [6.45, 7) is 3.62. The Morgan fingerprint density at radius 1 is 1.16 bits per heavy atom. The van der Waals surface area contributed by atoms with Gasteiger partial charge in [0.15, 0.2) is 5.78 Å². The lowest BCUT2D eigenvalue weighted by molar-refractivity contribution is -0.384. The third-order valence-corrected chi connectivity index (χ3v) is 6.35. The van der Waals surface area contributed by atoms with Crippen LogP contribution in [0, 0.1) is 22.0 Å². The minimum Gasteiger partial charge on any atom is -0.393 e. The van der Waals surface area contributed by atoms with Crippen LogP contribution in [0.25, 0.3) is 0 Å². The number of nitro groups is 1. The molecule has 2 heterocycles. The molecular formula is C22H29NO9. The highest BCUT2D eigenvalue weighted by Gasteiger charge is 2.48. The summed E-state index contributed by atoms with van der Waals surface area (Å²) in [6.07, 6.45) is -3.99. The van der Waals surface area contributed by atoms with Crippen LogP contribution in [0.3, 0.4) is 0 Å². The maximum absolute atomic E-state index is 12.4. The smallest absolute Gasteiger partial charge is 0.269 e. The molecule has 2 aliphatic heterocycles. The molecule has 0 aliphatic carbocycles. The van der Waals surface area contributed by atoms with Gasteiger partial charge in [-0.2, -0.15) is 0 Å². The van der Waals surface area contributed by atoms with Crippen molar-refractivity contribution in [1.29, 1.82) is 0 Å². The van der Waals surface area contributed by atoms with Gasteiger partial charge in [-0.1, -0.05) is 6.92 Å². The average molecular weight is 451 g/mol. The minimum absolute atomic E-state index is 0.0516. The third-order valence-electron chi connectivity index (χ3n) is 6.35. The van der Waals surface area contributed by atoms with Crippen LogP contribution in [-0.4, -0.2) is 75.0 Å². The normalized spacial score (nSPS) is 31.5. The highest BCUT2D eigenvalue weighted by atomic mass is 16.6. The lowest BCUT2D eigenvalue weighted by Gasteiger charge is -2.37. The molecule has 1 aromatic rings. The molecule has 0 amide bonds. The summed E-state index contributed by atoms with van der Waals surface area (Å²) in [5.41, 5.74) is 0.0389. The van der Waals surface area contributed by atoms with Gasteiger partial charge in [0.2, 0.25) is 0 Å². The number of ether oxygens (including phenoxy) is 2. The Kier molecular flexibility index (Phi) is 7.73. The maximum atomic E-state index is 12.4. The Labute approximate surface area is 185 Å². The first-order chi connectivity index (χ1) is 15.1. The first-order valence-corrected chi connectivity index (χ1v) is 10.7. The zero-order chi connectivity index (χ0) is 23.6. The van der Waals surface area contributed by atoms with Gasteiger partial charge in [-0.05, 0) is 19.1 Å². The van der Waals surface area contributed by atoms with Crippen LogP contribution >= 0.6 is 0 Å². The summed E-state index contributed by atoms with van der Waals surface area (Å²) >= 11 is 0. The molecule has 3 rings (SSSR count). The number of ketones is 2. The summed E-state index contributed by atoms with van der Waals surface area (Å²) in [7, 11) is 0. The quantitative estimate of drug-likeness (QED) is 0.155. The summed E-state index contributed by atoms with van der Waals surface area (Å²) in [6, 6.07) is 4.99. The number of Topliss-reactive ketones (excluding diaryl/α,β-unsaturated/α-hetero) is 2. The Morgan fingerprint density at radius 2 is 1.81 bits per heavy atom. The first-order valence-electron chi connectivity index (χ1n) is 10.7. The number of hydrogen-bond donors (Lipinski definition) is 3. The second kappa shape index (κ2) is 10.1. The van der Waals surface area contributed by atoms with Gasteiger partial charge in [0, 0.05) is 42.4 Å². The van der Waals surface area contributed by atoms with Gasteiger partial charge in [-0.3, -0.25) is 19.7 Å². The molecule has 10 heteroatoms. The molecular weight excluding hydrogens is 422 g/mol. The standard InChI is InChI=1S/C22H29NO9/c1-11(12(2)24)22-19(32-22)9-18-21(28)20(27)14(10-31-18)7-16(25)8-17(26)13-3-5-15(6-4-13)23(29)30/h3-6,11-12,14,18-22,24,27-28H,7-10H2,1-2H3/t11-,12-,14?,18-,19-,20+,21-,22-/m0/s1. The zero-order valence-electron chi connectivity index (χ0n) is 18.0. The van der Waals surface area contributed by atoms with Crippen molar-refractivity contribution in [2.75, 3.05) is 6.61 Å². The number of hydrogen-bond acceptors (Lipinski definition) is 9. The van der Waals surface area contributed by atoms with Gasteiger partial charge in [0.1, 0.15) is 11.9 Å². The predicted octanol–water partition coefficient (Wildman–Crippen LogP) is 1.04. The van der Waals surface area contributed by atoms with E-state index in [1.807, 2.05) is 6.92 Å². The second-order valence-electron chi connectivity index (χ2n) is 8.73.